The summed E-state index contributed by atoms with van der Waals surface area (Å²) in [6, 6.07) is 7.65. The average Bonchev–Trinajstić information content (AvgIpc) is 3.05. The summed E-state index contributed by atoms with van der Waals surface area (Å²) in [5.74, 6) is -1.04. The SMILES string of the molecule is CCN1CCN(c2ccc(NC(=O)COC(=O)Cn3c(C)csc3=O)cc2)CC1. The fourth-order valence-corrected chi connectivity index (χ4v) is 3.93. The minimum atomic E-state index is -0.620. The number of aryl methyl sites for hydroxylation is 1. The highest BCUT2D eigenvalue weighted by Crippen LogP contribution is 2.19. The van der Waals surface area contributed by atoms with Crippen LogP contribution in [0.25, 0.3) is 0 Å². The topological polar surface area (TPSA) is 83.9 Å². The molecule has 0 saturated carbocycles. The highest BCUT2D eigenvalue weighted by Gasteiger charge is 2.16. The standard InChI is InChI=1S/C20H26N4O4S/c1-3-22-8-10-23(11-9-22)17-6-4-16(5-7-17)21-18(25)13-28-19(26)12-24-15(2)14-29-20(24)27/h4-7,14H,3,8-13H2,1-2H3,(H,21,25). The lowest BCUT2D eigenvalue weighted by atomic mass is 10.2. The zero-order chi connectivity index (χ0) is 20.8. The zero-order valence-corrected chi connectivity index (χ0v) is 17.5. The van der Waals surface area contributed by atoms with Crippen molar-refractivity contribution in [2.75, 3.05) is 49.5 Å². The van der Waals surface area contributed by atoms with Crippen molar-refractivity contribution in [2.24, 2.45) is 0 Å². The molecule has 3 rings (SSSR count). The van der Waals surface area contributed by atoms with Crippen LogP contribution in [-0.2, 0) is 20.9 Å². The quantitative estimate of drug-likeness (QED) is 0.687. The van der Waals surface area contributed by atoms with Crippen molar-refractivity contribution >= 4 is 34.6 Å². The summed E-state index contributed by atoms with van der Waals surface area (Å²) >= 11 is 1.03. The molecular weight excluding hydrogens is 392 g/mol. The second kappa shape index (κ2) is 9.71. The van der Waals surface area contributed by atoms with Crippen LogP contribution in [0.1, 0.15) is 12.6 Å². The van der Waals surface area contributed by atoms with Crippen LogP contribution >= 0.6 is 11.3 Å². The third-order valence-electron chi connectivity index (χ3n) is 4.96. The van der Waals surface area contributed by atoms with E-state index in [9.17, 15) is 14.4 Å². The van der Waals surface area contributed by atoms with Gasteiger partial charge < -0.3 is 19.9 Å². The molecule has 0 aliphatic carbocycles. The molecule has 1 aromatic heterocycles. The molecule has 2 heterocycles. The number of anilines is 2. The lowest BCUT2D eigenvalue weighted by Gasteiger charge is -2.35. The van der Waals surface area contributed by atoms with Gasteiger partial charge in [-0.3, -0.25) is 19.0 Å². The van der Waals surface area contributed by atoms with E-state index in [0.29, 0.717) is 11.4 Å². The average molecular weight is 419 g/mol. The lowest BCUT2D eigenvalue weighted by molar-refractivity contribution is -0.147. The monoisotopic (exact) mass is 418 g/mol. The zero-order valence-electron chi connectivity index (χ0n) is 16.7. The van der Waals surface area contributed by atoms with E-state index in [-0.39, 0.29) is 11.4 Å². The summed E-state index contributed by atoms with van der Waals surface area (Å²) in [7, 11) is 0. The normalized spacial score (nSPS) is 14.6. The van der Waals surface area contributed by atoms with Gasteiger partial charge in [-0.05, 0) is 37.7 Å². The van der Waals surface area contributed by atoms with Crippen LogP contribution in [0.2, 0.25) is 0 Å². The molecule has 1 N–H and O–H groups in total. The van der Waals surface area contributed by atoms with E-state index in [1.807, 2.05) is 24.3 Å². The van der Waals surface area contributed by atoms with Crippen LogP contribution in [-0.4, -0.2) is 60.7 Å². The number of hydrogen-bond acceptors (Lipinski definition) is 7. The van der Waals surface area contributed by atoms with E-state index in [2.05, 4.69) is 22.0 Å². The van der Waals surface area contributed by atoms with Gasteiger partial charge in [-0.2, -0.15) is 0 Å². The van der Waals surface area contributed by atoms with E-state index >= 15 is 0 Å². The smallest absolute Gasteiger partial charge is 0.326 e. The van der Waals surface area contributed by atoms with E-state index in [1.165, 1.54) is 4.57 Å². The highest BCUT2D eigenvalue weighted by molar-refractivity contribution is 7.07. The molecule has 0 atom stereocenters. The second-order valence-electron chi connectivity index (χ2n) is 6.91. The number of nitrogens with one attached hydrogen (secondary N) is 1. The first-order valence-corrected chi connectivity index (χ1v) is 10.5. The maximum atomic E-state index is 12.0. The Morgan fingerprint density at radius 1 is 1.14 bits per heavy atom. The van der Waals surface area contributed by atoms with Crippen LogP contribution < -0.4 is 15.1 Å². The molecule has 1 fully saturated rings. The van der Waals surface area contributed by atoms with Gasteiger partial charge in [0.15, 0.2) is 6.61 Å². The first-order chi connectivity index (χ1) is 14.0. The summed E-state index contributed by atoms with van der Waals surface area (Å²) in [5.41, 5.74) is 2.46. The third-order valence-corrected chi connectivity index (χ3v) is 5.84. The van der Waals surface area contributed by atoms with Crippen LogP contribution in [0.3, 0.4) is 0 Å². The summed E-state index contributed by atoms with van der Waals surface area (Å²) < 4.78 is 6.30. The molecule has 1 amide bonds. The number of hydrogen-bond donors (Lipinski definition) is 1. The van der Waals surface area contributed by atoms with E-state index in [4.69, 9.17) is 4.74 Å². The molecule has 0 unspecified atom stereocenters. The molecule has 0 spiro atoms. The van der Waals surface area contributed by atoms with Crippen LogP contribution in [0.5, 0.6) is 0 Å². The van der Waals surface area contributed by atoms with Crippen LogP contribution in [0, 0.1) is 6.92 Å². The Balaban J connectivity index is 1.44. The molecule has 29 heavy (non-hydrogen) atoms. The largest absolute Gasteiger partial charge is 0.454 e. The van der Waals surface area contributed by atoms with Crippen molar-refractivity contribution in [1.82, 2.24) is 9.47 Å². The predicted octanol–water partition coefficient (Wildman–Crippen LogP) is 1.54. The van der Waals surface area contributed by atoms with Crippen molar-refractivity contribution in [2.45, 2.75) is 20.4 Å². The number of aromatic nitrogens is 1. The van der Waals surface area contributed by atoms with Gasteiger partial charge in [0.2, 0.25) is 0 Å². The number of carbonyl (C=O) groups is 2. The molecular formula is C20H26N4O4S. The summed E-state index contributed by atoms with van der Waals surface area (Å²) in [6.45, 7) is 8.49. The maximum absolute atomic E-state index is 12.0. The number of piperazine rings is 1. The van der Waals surface area contributed by atoms with Crippen LogP contribution in [0.15, 0.2) is 34.4 Å². The summed E-state index contributed by atoms with van der Waals surface area (Å²) in [5, 5.41) is 4.39. The van der Waals surface area contributed by atoms with Crippen molar-refractivity contribution in [3.8, 4) is 0 Å². The number of thiazole rings is 1. The van der Waals surface area contributed by atoms with E-state index < -0.39 is 18.5 Å². The van der Waals surface area contributed by atoms with Gasteiger partial charge in [-0.15, -0.1) is 0 Å². The van der Waals surface area contributed by atoms with E-state index in [1.54, 1.807) is 12.3 Å². The number of ether oxygens (including phenoxy) is 1. The number of esters is 1. The number of amides is 1. The Labute approximate surface area is 173 Å². The molecule has 8 nitrogen and oxygen atoms in total. The minimum absolute atomic E-state index is 0.193. The number of rotatable bonds is 7. The minimum Gasteiger partial charge on any atom is -0.454 e. The van der Waals surface area contributed by atoms with Gasteiger partial charge in [-0.25, -0.2) is 0 Å². The Morgan fingerprint density at radius 2 is 1.83 bits per heavy atom. The molecule has 9 heteroatoms. The van der Waals surface area contributed by atoms with Gasteiger partial charge in [0.05, 0.1) is 0 Å². The predicted molar refractivity (Wildman–Crippen MR) is 114 cm³/mol. The molecule has 1 aliphatic heterocycles. The Bertz CT molecular complexity index is 898. The highest BCUT2D eigenvalue weighted by atomic mass is 32.1. The molecule has 156 valence electrons. The summed E-state index contributed by atoms with van der Waals surface area (Å²) in [6.07, 6.45) is 0. The lowest BCUT2D eigenvalue weighted by Crippen LogP contribution is -2.46. The van der Waals surface area contributed by atoms with Gasteiger partial charge in [0.25, 0.3) is 5.91 Å². The second-order valence-corrected chi connectivity index (χ2v) is 7.73. The van der Waals surface area contributed by atoms with Gasteiger partial charge >= 0.3 is 10.8 Å². The number of carbonyl (C=O) groups excluding carboxylic acids is 2. The molecule has 0 bridgehead atoms. The number of likely N-dealkylation sites (N-methyl/N-ethyl adjacent to an activating group) is 1. The number of benzene rings is 1. The first-order valence-electron chi connectivity index (χ1n) is 9.64. The first kappa shape index (κ1) is 21.1. The van der Waals surface area contributed by atoms with Crippen molar-refractivity contribution in [3.05, 3.63) is 45.0 Å². The fraction of sp³-hybridized carbons (Fsp3) is 0.450. The molecule has 2 aromatic rings. The van der Waals surface area contributed by atoms with Crippen molar-refractivity contribution in [1.29, 1.82) is 0 Å². The van der Waals surface area contributed by atoms with Crippen LogP contribution in [0.4, 0.5) is 11.4 Å². The van der Waals surface area contributed by atoms with Gasteiger partial charge in [-0.1, -0.05) is 18.3 Å². The Kier molecular flexibility index (Phi) is 7.05. The molecule has 1 saturated heterocycles. The Hall–Kier alpha value is -2.65. The Morgan fingerprint density at radius 3 is 2.41 bits per heavy atom. The van der Waals surface area contributed by atoms with Gasteiger partial charge in [0, 0.05) is 48.6 Å². The third kappa shape index (κ3) is 5.68. The molecule has 1 aromatic carbocycles. The maximum Gasteiger partial charge on any atom is 0.326 e. The fourth-order valence-electron chi connectivity index (χ4n) is 3.19. The van der Waals surface area contributed by atoms with Gasteiger partial charge in [0.1, 0.15) is 6.54 Å². The van der Waals surface area contributed by atoms with Crippen molar-refractivity contribution < 1.29 is 14.3 Å². The molecule has 0 radical (unpaired) electrons. The number of nitrogens with zero attached hydrogens (tertiary/aromatic N) is 3. The molecule has 1 aliphatic rings. The summed E-state index contributed by atoms with van der Waals surface area (Å²) in [4.78, 5) is 40.0. The van der Waals surface area contributed by atoms with E-state index in [0.717, 1.165) is 49.7 Å². The van der Waals surface area contributed by atoms with Crippen molar-refractivity contribution in [3.63, 3.8) is 0 Å².